The van der Waals surface area contributed by atoms with Gasteiger partial charge in [0.05, 0.1) is 12.2 Å². The summed E-state index contributed by atoms with van der Waals surface area (Å²) in [6.07, 6.45) is 9.28. The Balaban J connectivity index is 1.61. The molecule has 1 fully saturated rings. The zero-order valence-electron chi connectivity index (χ0n) is 15.5. The lowest BCUT2D eigenvalue weighted by Crippen LogP contribution is -2.49. The maximum atomic E-state index is 13.2. The molecule has 1 atom stereocenters. The summed E-state index contributed by atoms with van der Waals surface area (Å²) in [5.41, 5.74) is 2.90. The van der Waals surface area contributed by atoms with Crippen molar-refractivity contribution in [3.8, 4) is 11.5 Å². The number of carbonyl (C=O) groups is 1. The first-order valence-electron chi connectivity index (χ1n) is 9.69. The molecule has 6 heteroatoms. The topological polar surface area (TPSA) is 64.6 Å². The van der Waals surface area contributed by atoms with Crippen molar-refractivity contribution in [2.24, 2.45) is 0 Å². The molecule has 140 valence electrons. The highest BCUT2D eigenvalue weighted by Gasteiger charge is 2.46. The van der Waals surface area contributed by atoms with Crippen LogP contribution in [0, 0.1) is 0 Å². The van der Waals surface area contributed by atoms with Crippen LogP contribution in [0.5, 0.6) is 11.5 Å². The third kappa shape index (κ3) is 2.58. The van der Waals surface area contributed by atoms with E-state index in [9.17, 15) is 4.79 Å². The summed E-state index contributed by atoms with van der Waals surface area (Å²) in [6.45, 7) is 3.96. The molecule has 3 aliphatic rings. The summed E-state index contributed by atoms with van der Waals surface area (Å²) in [5.74, 6) is 1.57. The number of nitrogens with zero attached hydrogens (tertiary/aromatic N) is 3. The smallest absolute Gasteiger partial charge is 0.274 e. The van der Waals surface area contributed by atoms with Crippen LogP contribution in [0.1, 0.15) is 60.3 Å². The first kappa shape index (κ1) is 16.5. The number of amides is 1. The van der Waals surface area contributed by atoms with Crippen LogP contribution in [0.25, 0.3) is 0 Å². The average molecular weight is 365 g/mol. The highest BCUT2D eigenvalue weighted by Crippen LogP contribution is 2.52. The van der Waals surface area contributed by atoms with Crippen molar-refractivity contribution in [2.75, 3.05) is 19.8 Å². The lowest BCUT2D eigenvalue weighted by atomic mass is 9.71. The predicted octanol–water partition coefficient (Wildman–Crippen LogP) is 3.28. The first-order chi connectivity index (χ1) is 13.2. The van der Waals surface area contributed by atoms with E-state index >= 15 is 0 Å². The van der Waals surface area contributed by atoms with Gasteiger partial charge in [-0.3, -0.25) is 9.78 Å². The Kier molecular flexibility index (Phi) is 3.81. The summed E-state index contributed by atoms with van der Waals surface area (Å²) in [6, 6.07) is 4.22. The average Bonchev–Trinajstić information content (AvgIpc) is 3.19. The summed E-state index contributed by atoms with van der Waals surface area (Å²) in [7, 11) is 0. The summed E-state index contributed by atoms with van der Waals surface area (Å²) < 4.78 is 11.7. The Labute approximate surface area is 158 Å². The number of fused-ring (bicyclic) bond motifs is 3. The number of hydrogen-bond donors (Lipinski definition) is 0. The molecule has 5 rings (SSSR count). The van der Waals surface area contributed by atoms with E-state index in [0.717, 1.165) is 30.9 Å². The van der Waals surface area contributed by atoms with Crippen LogP contribution in [-0.4, -0.2) is 40.5 Å². The molecule has 0 radical (unpaired) electrons. The molecule has 2 aromatic rings. The van der Waals surface area contributed by atoms with Gasteiger partial charge in [-0.25, -0.2) is 4.98 Å². The summed E-state index contributed by atoms with van der Waals surface area (Å²) >= 11 is 0. The fourth-order valence-corrected chi connectivity index (χ4v) is 4.91. The van der Waals surface area contributed by atoms with Crippen molar-refractivity contribution >= 4 is 5.91 Å². The third-order valence-electron chi connectivity index (χ3n) is 6.28. The minimum absolute atomic E-state index is 0.00442. The normalized spacial score (nSPS) is 22.6. The molecular weight excluding hydrogens is 342 g/mol. The van der Waals surface area contributed by atoms with Gasteiger partial charge in [0.1, 0.15) is 18.9 Å². The lowest BCUT2D eigenvalue weighted by molar-refractivity contribution is 0.0586. The Hall–Kier alpha value is -2.63. The van der Waals surface area contributed by atoms with Crippen LogP contribution < -0.4 is 9.47 Å². The molecule has 1 aliphatic carbocycles. The fraction of sp³-hybridized carbons (Fsp3) is 0.476. The third-order valence-corrected chi connectivity index (χ3v) is 6.28. The number of rotatable bonds is 1. The second-order valence-corrected chi connectivity index (χ2v) is 7.77. The van der Waals surface area contributed by atoms with Crippen LogP contribution in [0.3, 0.4) is 0 Å². The van der Waals surface area contributed by atoms with E-state index in [1.807, 2.05) is 4.90 Å². The quantitative estimate of drug-likeness (QED) is 0.776. The van der Waals surface area contributed by atoms with Crippen molar-refractivity contribution in [3.05, 3.63) is 47.5 Å². The Bertz CT molecular complexity index is 878. The molecule has 1 aromatic carbocycles. The van der Waals surface area contributed by atoms with Crippen molar-refractivity contribution in [2.45, 2.75) is 44.1 Å². The van der Waals surface area contributed by atoms with Crippen molar-refractivity contribution in [3.63, 3.8) is 0 Å². The summed E-state index contributed by atoms with van der Waals surface area (Å²) in [5, 5.41) is 0. The molecular formula is C21H23N3O3. The van der Waals surface area contributed by atoms with E-state index in [1.165, 1.54) is 24.0 Å². The van der Waals surface area contributed by atoms with Gasteiger partial charge in [-0.1, -0.05) is 12.8 Å². The Morgan fingerprint density at radius 1 is 1.15 bits per heavy atom. The minimum Gasteiger partial charge on any atom is -0.486 e. The maximum Gasteiger partial charge on any atom is 0.274 e. The van der Waals surface area contributed by atoms with Crippen LogP contribution in [0.15, 0.2) is 30.7 Å². The fourth-order valence-electron chi connectivity index (χ4n) is 4.91. The molecule has 0 bridgehead atoms. The molecule has 3 heterocycles. The van der Waals surface area contributed by atoms with Crippen LogP contribution in [0.4, 0.5) is 0 Å². The Morgan fingerprint density at radius 2 is 1.89 bits per heavy atom. The highest BCUT2D eigenvalue weighted by molar-refractivity contribution is 5.92. The summed E-state index contributed by atoms with van der Waals surface area (Å²) in [4.78, 5) is 23.5. The first-order valence-corrected chi connectivity index (χ1v) is 9.69. The van der Waals surface area contributed by atoms with Gasteiger partial charge in [0.2, 0.25) is 0 Å². The monoisotopic (exact) mass is 365 g/mol. The predicted molar refractivity (Wildman–Crippen MR) is 99.1 cm³/mol. The Morgan fingerprint density at radius 3 is 2.59 bits per heavy atom. The van der Waals surface area contributed by atoms with E-state index in [0.29, 0.717) is 18.9 Å². The van der Waals surface area contributed by atoms with E-state index in [4.69, 9.17) is 9.47 Å². The standard InChI is InChI=1S/C21H23N3O3/c1-14-15-10-18-19(27-9-8-26-18)11-16(15)21(4-2-3-5-21)13-24(14)20(25)17-12-22-6-7-23-17/h6-7,10-12,14H,2-5,8-9,13H2,1H3/t14-/m1/s1. The number of hydrogen-bond acceptors (Lipinski definition) is 5. The van der Waals surface area contributed by atoms with E-state index < -0.39 is 0 Å². The van der Waals surface area contributed by atoms with Gasteiger partial charge < -0.3 is 14.4 Å². The van der Waals surface area contributed by atoms with Gasteiger partial charge >= 0.3 is 0 Å². The van der Waals surface area contributed by atoms with Crippen molar-refractivity contribution in [1.29, 1.82) is 0 Å². The molecule has 0 N–H and O–H groups in total. The number of benzene rings is 1. The van der Waals surface area contributed by atoms with Gasteiger partial charge in [0.15, 0.2) is 11.5 Å². The van der Waals surface area contributed by atoms with Gasteiger partial charge in [-0.05, 0) is 43.0 Å². The number of aromatic nitrogens is 2. The molecule has 1 spiro atoms. The zero-order chi connectivity index (χ0) is 18.4. The molecule has 2 aliphatic heterocycles. The molecule has 6 nitrogen and oxygen atoms in total. The van der Waals surface area contributed by atoms with E-state index in [-0.39, 0.29) is 17.4 Å². The second kappa shape index (κ2) is 6.22. The van der Waals surface area contributed by atoms with Gasteiger partial charge in [-0.2, -0.15) is 0 Å². The van der Waals surface area contributed by atoms with Gasteiger partial charge in [0, 0.05) is 24.4 Å². The van der Waals surface area contributed by atoms with Crippen LogP contribution in [-0.2, 0) is 5.41 Å². The number of carbonyl (C=O) groups excluding carboxylic acids is 1. The largest absolute Gasteiger partial charge is 0.486 e. The molecule has 0 saturated heterocycles. The lowest BCUT2D eigenvalue weighted by Gasteiger charge is -2.46. The van der Waals surface area contributed by atoms with Gasteiger partial charge in [-0.15, -0.1) is 0 Å². The van der Waals surface area contributed by atoms with Crippen molar-refractivity contribution < 1.29 is 14.3 Å². The van der Waals surface area contributed by atoms with E-state index in [1.54, 1.807) is 18.6 Å². The SMILES string of the molecule is C[C@@H]1c2cc3c(cc2C2(CCCC2)CN1C(=O)c1cnccn1)OCCO3. The van der Waals surface area contributed by atoms with Crippen molar-refractivity contribution in [1.82, 2.24) is 14.9 Å². The molecule has 27 heavy (non-hydrogen) atoms. The van der Waals surface area contributed by atoms with Crippen LogP contribution >= 0.6 is 0 Å². The van der Waals surface area contributed by atoms with Crippen LogP contribution in [0.2, 0.25) is 0 Å². The molecule has 1 amide bonds. The molecule has 1 saturated carbocycles. The second-order valence-electron chi connectivity index (χ2n) is 7.77. The number of ether oxygens (including phenoxy) is 2. The minimum atomic E-state index is -0.0533. The molecule has 1 aromatic heterocycles. The van der Waals surface area contributed by atoms with Gasteiger partial charge in [0.25, 0.3) is 5.91 Å². The zero-order valence-corrected chi connectivity index (χ0v) is 15.5. The molecule has 0 unspecified atom stereocenters. The highest BCUT2D eigenvalue weighted by atomic mass is 16.6. The maximum absolute atomic E-state index is 13.2. The van der Waals surface area contributed by atoms with E-state index in [2.05, 4.69) is 29.0 Å².